The van der Waals surface area contributed by atoms with Crippen molar-refractivity contribution in [2.45, 2.75) is 50.7 Å². The monoisotopic (exact) mass is 241 g/mol. The summed E-state index contributed by atoms with van der Waals surface area (Å²) >= 11 is 1.64. The van der Waals surface area contributed by atoms with Gasteiger partial charge >= 0.3 is 0 Å². The van der Waals surface area contributed by atoms with Gasteiger partial charge in [0.05, 0.1) is 22.4 Å². The van der Waals surface area contributed by atoms with Crippen LogP contribution in [0.25, 0.3) is 0 Å². The summed E-state index contributed by atoms with van der Waals surface area (Å²) in [5, 5.41) is 13.6. The molecule has 0 spiro atoms. The first-order valence-electron chi connectivity index (χ1n) is 5.77. The summed E-state index contributed by atoms with van der Waals surface area (Å²) in [7, 11) is 1.73. The largest absolute Gasteiger partial charge is 0.389 e. The standard InChI is InChI=1S/C12H19NO2S/c1-9-13-10(8-16-9)6-12(14)5-3-4-11(7-12)15-2/h8,11,14H,3-7H2,1-2H3. The number of aromatic nitrogens is 1. The molecule has 0 bridgehead atoms. The van der Waals surface area contributed by atoms with E-state index in [1.54, 1.807) is 18.4 Å². The molecule has 0 aliphatic heterocycles. The third-order valence-corrected chi connectivity index (χ3v) is 4.11. The Balaban J connectivity index is 2.01. The lowest BCUT2D eigenvalue weighted by atomic mass is 9.80. The number of nitrogens with zero attached hydrogens (tertiary/aromatic N) is 1. The van der Waals surface area contributed by atoms with Gasteiger partial charge < -0.3 is 9.84 Å². The summed E-state index contributed by atoms with van der Waals surface area (Å²) in [6.07, 6.45) is 4.58. The van der Waals surface area contributed by atoms with Crippen LogP contribution in [0, 0.1) is 6.92 Å². The lowest BCUT2D eigenvalue weighted by molar-refractivity contribution is -0.0585. The highest BCUT2D eigenvalue weighted by Crippen LogP contribution is 2.32. The van der Waals surface area contributed by atoms with E-state index in [-0.39, 0.29) is 6.10 Å². The molecule has 3 nitrogen and oxygen atoms in total. The zero-order chi connectivity index (χ0) is 11.6. The molecular weight excluding hydrogens is 222 g/mol. The molecule has 1 fully saturated rings. The SMILES string of the molecule is COC1CCCC(O)(Cc2csc(C)n2)C1. The van der Waals surface area contributed by atoms with E-state index in [1.165, 1.54) is 0 Å². The molecule has 1 aromatic rings. The number of aryl methyl sites for hydroxylation is 1. The van der Waals surface area contributed by atoms with Crippen molar-refractivity contribution in [1.82, 2.24) is 4.98 Å². The molecule has 1 heterocycles. The van der Waals surface area contributed by atoms with Crippen LogP contribution in [0.3, 0.4) is 0 Å². The number of hydrogen-bond donors (Lipinski definition) is 1. The molecule has 0 saturated heterocycles. The van der Waals surface area contributed by atoms with Crippen molar-refractivity contribution in [3.63, 3.8) is 0 Å². The van der Waals surface area contributed by atoms with E-state index in [9.17, 15) is 5.11 Å². The van der Waals surface area contributed by atoms with E-state index in [0.29, 0.717) is 6.42 Å². The van der Waals surface area contributed by atoms with Crippen molar-refractivity contribution in [2.75, 3.05) is 7.11 Å². The number of rotatable bonds is 3. The lowest BCUT2D eigenvalue weighted by Gasteiger charge is -2.35. The third kappa shape index (κ3) is 2.81. The molecule has 1 aliphatic rings. The Morgan fingerprint density at radius 2 is 2.50 bits per heavy atom. The summed E-state index contributed by atoms with van der Waals surface area (Å²) in [6, 6.07) is 0. The molecule has 0 amide bonds. The van der Waals surface area contributed by atoms with Crippen LogP contribution in [0.2, 0.25) is 0 Å². The molecule has 1 N–H and O–H groups in total. The smallest absolute Gasteiger partial charge is 0.0897 e. The molecule has 2 unspecified atom stereocenters. The van der Waals surface area contributed by atoms with E-state index in [2.05, 4.69) is 4.98 Å². The number of thiazole rings is 1. The first-order valence-corrected chi connectivity index (χ1v) is 6.65. The Kier molecular flexibility index (Phi) is 3.62. The van der Waals surface area contributed by atoms with E-state index < -0.39 is 5.60 Å². The van der Waals surface area contributed by atoms with Crippen LogP contribution in [-0.4, -0.2) is 28.9 Å². The number of ether oxygens (including phenoxy) is 1. The minimum atomic E-state index is -0.612. The first kappa shape index (κ1) is 12.0. The summed E-state index contributed by atoms with van der Waals surface area (Å²) in [5.41, 5.74) is 0.404. The molecular formula is C12H19NO2S. The van der Waals surface area contributed by atoms with Crippen LogP contribution in [0.1, 0.15) is 36.4 Å². The van der Waals surface area contributed by atoms with Gasteiger partial charge in [0.15, 0.2) is 0 Å². The number of methoxy groups -OCH3 is 1. The van der Waals surface area contributed by atoms with Gasteiger partial charge in [-0.1, -0.05) is 0 Å². The Bertz CT molecular complexity index is 353. The number of aliphatic hydroxyl groups is 1. The predicted molar refractivity (Wildman–Crippen MR) is 64.8 cm³/mol. The Morgan fingerprint density at radius 3 is 3.12 bits per heavy atom. The van der Waals surface area contributed by atoms with Crippen LogP contribution in [0.5, 0.6) is 0 Å². The van der Waals surface area contributed by atoms with Crippen LogP contribution in [0.15, 0.2) is 5.38 Å². The molecule has 0 aromatic carbocycles. The Labute approximate surface area is 100 Å². The minimum Gasteiger partial charge on any atom is -0.389 e. The maximum absolute atomic E-state index is 10.5. The molecule has 1 aromatic heterocycles. The quantitative estimate of drug-likeness (QED) is 0.883. The second kappa shape index (κ2) is 4.82. The second-order valence-corrected chi connectivity index (χ2v) is 5.78. The molecule has 0 radical (unpaired) electrons. The van der Waals surface area contributed by atoms with Crippen LogP contribution in [-0.2, 0) is 11.2 Å². The van der Waals surface area contributed by atoms with Crippen molar-refractivity contribution in [1.29, 1.82) is 0 Å². The van der Waals surface area contributed by atoms with E-state index in [1.807, 2.05) is 12.3 Å². The average Bonchev–Trinajstić information content (AvgIpc) is 2.63. The highest BCUT2D eigenvalue weighted by molar-refractivity contribution is 7.09. The molecule has 90 valence electrons. The van der Waals surface area contributed by atoms with Crippen molar-refractivity contribution in [3.05, 3.63) is 16.1 Å². The van der Waals surface area contributed by atoms with Gasteiger partial charge in [-0.15, -0.1) is 11.3 Å². The normalized spacial score (nSPS) is 30.6. The Hall–Kier alpha value is -0.450. The van der Waals surface area contributed by atoms with Crippen LogP contribution in [0.4, 0.5) is 0 Å². The topological polar surface area (TPSA) is 42.4 Å². The van der Waals surface area contributed by atoms with Gasteiger partial charge in [-0.05, 0) is 26.2 Å². The van der Waals surface area contributed by atoms with Gasteiger partial charge in [0, 0.05) is 25.3 Å². The fourth-order valence-corrected chi connectivity index (χ4v) is 3.09. The van der Waals surface area contributed by atoms with Gasteiger partial charge in [0.1, 0.15) is 0 Å². The molecule has 2 rings (SSSR count). The molecule has 1 saturated carbocycles. The van der Waals surface area contributed by atoms with Crippen LogP contribution < -0.4 is 0 Å². The van der Waals surface area contributed by atoms with Gasteiger partial charge in [-0.2, -0.15) is 0 Å². The van der Waals surface area contributed by atoms with Crippen molar-refractivity contribution in [2.24, 2.45) is 0 Å². The first-order chi connectivity index (χ1) is 7.61. The summed E-state index contributed by atoms with van der Waals surface area (Å²) in [5.74, 6) is 0. The van der Waals surface area contributed by atoms with E-state index in [0.717, 1.165) is 36.4 Å². The summed E-state index contributed by atoms with van der Waals surface area (Å²) in [6.45, 7) is 2.00. The average molecular weight is 241 g/mol. The van der Waals surface area contributed by atoms with Gasteiger partial charge in [0.2, 0.25) is 0 Å². The molecule has 4 heteroatoms. The Morgan fingerprint density at radius 1 is 1.69 bits per heavy atom. The lowest BCUT2D eigenvalue weighted by Crippen LogP contribution is -2.40. The van der Waals surface area contributed by atoms with E-state index in [4.69, 9.17) is 4.74 Å². The van der Waals surface area contributed by atoms with E-state index >= 15 is 0 Å². The van der Waals surface area contributed by atoms with Crippen LogP contribution >= 0.6 is 11.3 Å². The highest BCUT2D eigenvalue weighted by atomic mass is 32.1. The number of hydrogen-bond acceptors (Lipinski definition) is 4. The van der Waals surface area contributed by atoms with Gasteiger partial charge in [0.25, 0.3) is 0 Å². The summed E-state index contributed by atoms with van der Waals surface area (Å²) < 4.78 is 5.35. The minimum absolute atomic E-state index is 0.207. The summed E-state index contributed by atoms with van der Waals surface area (Å²) in [4.78, 5) is 4.42. The molecule has 16 heavy (non-hydrogen) atoms. The maximum atomic E-state index is 10.5. The van der Waals surface area contributed by atoms with Gasteiger partial charge in [-0.3, -0.25) is 0 Å². The second-order valence-electron chi connectivity index (χ2n) is 4.71. The van der Waals surface area contributed by atoms with Crippen molar-refractivity contribution in [3.8, 4) is 0 Å². The molecule has 1 aliphatic carbocycles. The third-order valence-electron chi connectivity index (χ3n) is 3.29. The van der Waals surface area contributed by atoms with Gasteiger partial charge in [-0.25, -0.2) is 4.98 Å². The molecule has 2 atom stereocenters. The fourth-order valence-electron chi connectivity index (χ4n) is 2.48. The zero-order valence-electron chi connectivity index (χ0n) is 9.90. The fraction of sp³-hybridized carbons (Fsp3) is 0.750. The predicted octanol–water partition coefficient (Wildman–Crippen LogP) is 2.31. The van der Waals surface area contributed by atoms with Crippen molar-refractivity contribution < 1.29 is 9.84 Å². The zero-order valence-corrected chi connectivity index (χ0v) is 10.7. The van der Waals surface area contributed by atoms with Crippen molar-refractivity contribution >= 4 is 11.3 Å². The maximum Gasteiger partial charge on any atom is 0.0897 e. The highest BCUT2D eigenvalue weighted by Gasteiger charge is 2.35.